The van der Waals surface area contributed by atoms with Gasteiger partial charge in [0.05, 0.1) is 30.3 Å². The number of hydrogen-bond acceptors (Lipinski definition) is 6. The van der Waals surface area contributed by atoms with Crippen molar-refractivity contribution in [3.63, 3.8) is 0 Å². The maximum Gasteiger partial charge on any atom is 0.311 e. The van der Waals surface area contributed by atoms with Crippen molar-refractivity contribution in [2.24, 2.45) is 5.92 Å². The fourth-order valence-electron chi connectivity index (χ4n) is 2.87. The van der Waals surface area contributed by atoms with Gasteiger partial charge in [-0.05, 0) is 25.7 Å². The average Bonchev–Trinajstić information content (AvgIpc) is 2.32. The Bertz CT molecular complexity index is 320. The number of rotatable bonds is 2. The Balaban J connectivity index is 1.87. The Labute approximate surface area is 112 Å². The molecule has 0 aromatic carbocycles. The van der Waals surface area contributed by atoms with E-state index < -0.39 is 42.4 Å². The summed E-state index contributed by atoms with van der Waals surface area (Å²) in [5.41, 5.74) is 0. The Hall–Kier alpha value is -0.690. The molecule has 19 heavy (non-hydrogen) atoms. The highest BCUT2D eigenvalue weighted by molar-refractivity contribution is 5.73. The van der Waals surface area contributed by atoms with E-state index in [4.69, 9.17) is 4.74 Å². The number of esters is 1. The summed E-state index contributed by atoms with van der Waals surface area (Å²) in [6, 6.07) is 0. The first-order chi connectivity index (χ1) is 8.97. The lowest BCUT2D eigenvalue weighted by Crippen LogP contribution is -2.43. The Morgan fingerprint density at radius 2 is 1.42 bits per heavy atom. The van der Waals surface area contributed by atoms with Crippen molar-refractivity contribution in [2.75, 3.05) is 0 Å². The first kappa shape index (κ1) is 14.7. The van der Waals surface area contributed by atoms with Gasteiger partial charge in [-0.1, -0.05) is 0 Å². The quantitative estimate of drug-likeness (QED) is 0.497. The van der Waals surface area contributed by atoms with Gasteiger partial charge in [-0.3, -0.25) is 4.79 Å². The smallest absolute Gasteiger partial charge is 0.311 e. The molecule has 6 atom stereocenters. The fraction of sp³-hybridized carbons (Fsp3) is 0.923. The molecule has 2 fully saturated rings. The molecule has 0 saturated heterocycles. The maximum atomic E-state index is 12.0. The van der Waals surface area contributed by atoms with E-state index >= 15 is 0 Å². The topological polar surface area (TPSA) is 107 Å². The van der Waals surface area contributed by atoms with Crippen LogP contribution in [0.5, 0.6) is 0 Å². The van der Waals surface area contributed by atoms with Crippen LogP contribution in [0.1, 0.15) is 38.5 Å². The molecule has 0 aromatic heterocycles. The van der Waals surface area contributed by atoms with Gasteiger partial charge >= 0.3 is 5.97 Å². The minimum Gasteiger partial charge on any atom is -0.459 e. The summed E-state index contributed by atoms with van der Waals surface area (Å²) in [5.74, 6) is -1.14. The molecule has 110 valence electrons. The van der Waals surface area contributed by atoms with Crippen LogP contribution in [0, 0.1) is 5.92 Å². The number of aliphatic hydroxyl groups excluding tert-OH is 4. The van der Waals surface area contributed by atoms with E-state index in [1.165, 1.54) is 0 Å². The predicted octanol–water partition coefficient (Wildman–Crippen LogP) is -0.674. The summed E-state index contributed by atoms with van der Waals surface area (Å²) in [6.07, 6.45) is -1.24. The fourth-order valence-corrected chi connectivity index (χ4v) is 2.87. The van der Waals surface area contributed by atoms with Crippen LogP contribution < -0.4 is 0 Å². The Morgan fingerprint density at radius 3 is 2.00 bits per heavy atom. The van der Waals surface area contributed by atoms with Crippen LogP contribution in [-0.4, -0.2) is 56.9 Å². The third-order valence-corrected chi connectivity index (χ3v) is 4.09. The summed E-state index contributed by atoms with van der Waals surface area (Å²) < 4.78 is 5.26. The molecular formula is C13H22O6. The molecule has 6 unspecified atom stereocenters. The van der Waals surface area contributed by atoms with Crippen LogP contribution in [0.25, 0.3) is 0 Å². The van der Waals surface area contributed by atoms with Gasteiger partial charge in [0.25, 0.3) is 0 Å². The van der Waals surface area contributed by atoms with E-state index in [0.717, 1.165) is 0 Å². The van der Waals surface area contributed by atoms with Crippen LogP contribution in [0.15, 0.2) is 0 Å². The van der Waals surface area contributed by atoms with Crippen molar-refractivity contribution in [2.45, 2.75) is 69.0 Å². The molecule has 0 aromatic rings. The third-order valence-electron chi connectivity index (χ3n) is 4.09. The van der Waals surface area contributed by atoms with Crippen LogP contribution >= 0.6 is 0 Å². The SMILES string of the molecule is O=C(OC1CCC(O)CC1O)C1CCC(O)CC1O. The summed E-state index contributed by atoms with van der Waals surface area (Å²) >= 11 is 0. The molecule has 6 heteroatoms. The molecule has 2 aliphatic carbocycles. The Kier molecular flexibility index (Phi) is 4.78. The minimum atomic E-state index is -0.887. The van der Waals surface area contributed by atoms with Crippen molar-refractivity contribution < 1.29 is 30.0 Å². The van der Waals surface area contributed by atoms with Crippen LogP contribution in [0.4, 0.5) is 0 Å². The molecule has 4 N–H and O–H groups in total. The van der Waals surface area contributed by atoms with Crippen LogP contribution in [-0.2, 0) is 9.53 Å². The molecule has 0 spiro atoms. The Morgan fingerprint density at radius 1 is 0.842 bits per heavy atom. The summed E-state index contributed by atoms with van der Waals surface area (Å²) in [6.45, 7) is 0. The molecule has 0 radical (unpaired) electrons. The molecule has 0 heterocycles. The van der Waals surface area contributed by atoms with Crippen molar-refractivity contribution in [1.29, 1.82) is 0 Å². The van der Waals surface area contributed by atoms with Crippen LogP contribution in [0.3, 0.4) is 0 Å². The van der Waals surface area contributed by atoms with Gasteiger partial charge in [0.1, 0.15) is 6.10 Å². The van der Waals surface area contributed by atoms with E-state index in [2.05, 4.69) is 0 Å². The second-order valence-corrected chi connectivity index (χ2v) is 5.65. The maximum absolute atomic E-state index is 12.0. The zero-order chi connectivity index (χ0) is 14.0. The van der Waals surface area contributed by atoms with Crippen molar-refractivity contribution >= 4 is 5.97 Å². The van der Waals surface area contributed by atoms with E-state index in [-0.39, 0.29) is 12.8 Å². The van der Waals surface area contributed by atoms with Crippen molar-refractivity contribution in [3.8, 4) is 0 Å². The van der Waals surface area contributed by atoms with E-state index in [1.54, 1.807) is 0 Å². The number of hydrogen-bond donors (Lipinski definition) is 4. The molecule has 2 saturated carbocycles. The molecule has 2 rings (SSSR count). The molecule has 0 amide bonds. The zero-order valence-corrected chi connectivity index (χ0v) is 10.8. The third kappa shape index (κ3) is 3.66. The van der Waals surface area contributed by atoms with E-state index in [9.17, 15) is 25.2 Å². The van der Waals surface area contributed by atoms with Gasteiger partial charge in [0, 0.05) is 12.8 Å². The minimum absolute atomic E-state index is 0.186. The van der Waals surface area contributed by atoms with Gasteiger partial charge in [-0.15, -0.1) is 0 Å². The van der Waals surface area contributed by atoms with Gasteiger partial charge in [0.15, 0.2) is 0 Å². The number of aliphatic hydroxyl groups is 4. The van der Waals surface area contributed by atoms with Gasteiger partial charge in [0.2, 0.25) is 0 Å². The van der Waals surface area contributed by atoms with Gasteiger partial charge in [-0.25, -0.2) is 0 Å². The normalized spacial score (nSPS) is 43.8. The standard InChI is InChI=1S/C13H22O6/c14-7-1-3-9(10(16)5-7)13(18)19-12-4-2-8(15)6-11(12)17/h7-12,14-17H,1-6H2. The second-order valence-electron chi connectivity index (χ2n) is 5.65. The van der Waals surface area contributed by atoms with Gasteiger partial charge in [-0.2, -0.15) is 0 Å². The first-order valence-corrected chi connectivity index (χ1v) is 6.90. The van der Waals surface area contributed by atoms with Gasteiger partial charge < -0.3 is 25.2 Å². The highest BCUT2D eigenvalue weighted by Crippen LogP contribution is 2.28. The first-order valence-electron chi connectivity index (χ1n) is 6.90. The number of carbonyl (C=O) groups is 1. The second kappa shape index (κ2) is 6.17. The summed E-state index contributed by atoms with van der Waals surface area (Å²) in [4.78, 5) is 12.0. The molecule has 6 nitrogen and oxygen atoms in total. The lowest BCUT2D eigenvalue weighted by molar-refractivity contribution is -0.172. The number of carbonyl (C=O) groups excluding carboxylic acids is 1. The average molecular weight is 274 g/mol. The largest absolute Gasteiger partial charge is 0.459 e. The highest BCUT2D eigenvalue weighted by Gasteiger charge is 2.37. The van der Waals surface area contributed by atoms with E-state index in [1.807, 2.05) is 0 Å². The summed E-state index contributed by atoms with van der Waals surface area (Å²) in [7, 11) is 0. The monoisotopic (exact) mass is 274 g/mol. The molecule has 2 aliphatic rings. The molecule has 0 aliphatic heterocycles. The van der Waals surface area contributed by atoms with Crippen molar-refractivity contribution in [1.82, 2.24) is 0 Å². The lowest BCUT2D eigenvalue weighted by Gasteiger charge is -2.34. The molecular weight excluding hydrogens is 252 g/mol. The zero-order valence-electron chi connectivity index (χ0n) is 10.8. The summed E-state index contributed by atoms with van der Waals surface area (Å²) in [5, 5.41) is 38.3. The number of ether oxygens (including phenoxy) is 1. The predicted molar refractivity (Wildman–Crippen MR) is 65.1 cm³/mol. The van der Waals surface area contributed by atoms with Crippen LogP contribution in [0.2, 0.25) is 0 Å². The molecule has 0 bridgehead atoms. The van der Waals surface area contributed by atoms with Crippen molar-refractivity contribution in [3.05, 3.63) is 0 Å². The highest BCUT2D eigenvalue weighted by atomic mass is 16.6. The van der Waals surface area contributed by atoms with E-state index in [0.29, 0.717) is 25.7 Å². The lowest BCUT2D eigenvalue weighted by atomic mass is 9.84.